The van der Waals surface area contributed by atoms with Crippen molar-refractivity contribution in [2.24, 2.45) is 57.5 Å². The zero-order valence-corrected chi connectivity index (χ0v) is 46.7. The van der Waals surface area contributed by atoms with Crippen LogP contribution in [-0.2, 0) is 57.5 Å². The maximum absolute atomic E-state index is 14.1. The molecular weight excluding hydrogens is 1020 g/mol. The van der Waals surface area contributed by atoms with E-state index in [0.29, 0.717) is 0 Å². The number of carboxylic acid groups (broad SMARTS) is 2. The number of carboxylic acids is 2. The first-order valence-corrected chi connectivity index (χ1v) is 26.0. The van der Waals surface area contributed by atoms with Crippen LogP contribution in [-0.4, -0.2) is 166 Å². The lowest BCUT2D eigenvalue weighted by atomic mass is 9.96. The summed E-state index contributed by atoms with van der Waals surface area (Å²) < 4.78 is 0. The van der Waals surface area contributed by atoms with Gasteiger partial charge < -0.3 is 86.1 Å². The van der Waals surface area contributed by atoms with Gasteiger partial charge in [-0.15, -0.1) is 0 Å². The van der Waals surface area contributed by atoms with E-state index in [4.69, 9.17) is 22.9 Å². The molecule has 0 unspecified atom stereocenters. The molecule has 0 fully saturated rings. The first-order valence-electron chi connectivity index (χ1n) is 26.0. The molecule has 0 rings (SSSR count). The molecule has 20 N–H and O–H groups in total. The molecule has 0 saturated carbocycles. The van der Waals surface area contributed by atoms with Crippen LogP contribution >= 0.6 is 0 Å². The molecule has 0 aliphatic rings. The van der Waals surface area contributed by atoms with Crippen molar-refractivity contribution in [1.82, 2.24) is 47.9 Å². The van der Waals surface area contributed by atoms with Crippen molar-refractivity contribution < 1.29 is 72.9 Å². The molecule has 0 radical (unpaired) electrons. The normalized spacial score (nSPS) is 15.5. The van der Waals surface area contributed by atoms with Gasteiger partial charge in [0.2, 0.25) is 59.1 Å². The highest BCUT2D eigenvalue weighted by atomic mass is 16.4. The minimum absolute atomic E-state index is 0.00405. The Morgan fingerprint density at radius 3 is 1.31 bits per heavy atom. The maximum atomic E-state index is 14.1. The Labute approximate surface area is 455 Å². The van der Waals surface area contributed by atoms with Crippen molar-refractivity contribution in [3.05, 3.63) is 0 Å². The lowest BCUT2D eigenvalue weighted by molar-refractivity contribution is -0.143. The van der Waals surface area contributed by atoms with Gasteiger partial charge in [0.1, 0.15) is 60.4 Å². The molecule has 0 bridgehead atoms. The van der Waals surface area contributed by atoms with Gasteiger partial charge >= 0.3 is 11.9 Å². The summed E-state index contributed by atoms with van der Waals surface area (Å²) in [5.41, 5.74) is 21.8. The number of aliphatic imine (C=N–C) groups is 1. The third kappa shape index (κ3) is 27.2. The van der Waals surface area contributed by atoms with Crippen LogP contribution in [0.2, 0.25) is 0 Å². The fourth-order valence-electron chi connectivity index (χ4n) is 7.52. The van der Waals surface area contributed by atoms with Gasteiger partial charge in [-0.1, -0.05) is 75.7 Å². The summed E-state index contributed by atoms with van der Waals surface area (Å²) >= 11 is 0. The summed E-state index contributed by atoms with van der Waals surface area (Å²) in [7, 11) is 0. The third-order valence-electron chi connectivity index (χ3n) is 12.0. The Morgan fingerprint density at radius 1 is 0.474 bits per heavy atom. The number of nitrogens with two attached hydrogens (primary N) is 4. The van der Waals surface area contributed by atoms with Crippen molar-refractivity contribution in [1.29, 1.82) is 0 Å². The number of primary amides is 1. The number of carbonyl (C=O) groups is 12. The summed E-state index contributed by atoms with van der Waals surface area (Å²) in [6.07, 6.45) is -1.51. The number of aliphatic carboxylic acids is 2. The zero-order chi connectivity index (χ0) is 60.3. The number of hydrogen-bond donors (Lipinski definition) is 16. The van der Waals surface area contributed by atoms with Crippen LogP contribution in [0, 0.1) is 29.6 Å². The maximum Gasteiger partial charge on any atom is 0.326 e. The molecule has 29 nitrogen and oxygen atoms in total. The van der Waals surface area contributed by atoms with Crippen LogP contribution in [0.4, 0.5) is 0 Å². The minimum Gasteiger partial charge on any atom is -0.481 e. The molecule has 0 aromatic rings. The van der Waals surface area contributed by atoms with Crippen LogP contribution in [0.15, 0.2) is 4.99 Å². The Balaban J connectivity index is 6.64. The van der Waals surface area contributed by atoms with Gasteiger partial charge in [-0.25, -0.2) is 4.79 Å². The van der Waals surface area contributed by atoms with Crippen molar-refractivity contribution in [3.63, 3.8) is 0 Å². The van der Waals surface area contributed by atoms with E-state index in [1.807, 2.05) is 0 Å². The van der Waals surface area contributed by atoms with E-state index in [2.05, 4.69) is 52.8 Å². The average molecular weight is 1110 g/mol. The van der Waals surface area contributed by atoms with Crippen molar-refractivity contribution >= 4 is 77.0 Å². The predicted octanol–water partition coefficient (Wildman–Crippen LogP) is -3.98. The molecule has 11 atom stereocenters. The molecular formula is C49H88N14O15. The Kier molecular flexibility index (Phi) is 32.0. The zero-order valence-electron chi connectivity index (χ0n) is 46.7. The van der Waals surface area contributed by atoms with Gasteiger partial charge in [-0.05, 0) is 68.6 Å². The highest BCUT2D eigenvalue weighted by Gasteiger charge is 2.38. The van der Waals surface area contributed by atoms with E-state index in [1.54, 1.807) is 69.2 Å². The van der Waals surface area contributed by atoms with Gasteiger partial charge in [0.25, 0.3) is 0 Å². The highest BCUT2D eigenvalue weighted by Crippen LogP contribution is 2.14. The number of guanidine groups is 1. The molecule has 10 amide bonds. The molecule has 0 aromatic heterocycles. The van der Waals surface area contributed by atoms with Crippen LogP contribution in [0.5, 0.6) is 0 Å². The van der Waals surface area contributed by atoms with Gasteiger partial charge in [-0.2, -0.15) is 0 Å². The summed E-state index contributed by atoms with van der Waals surface area (Å²) in [6, 6.07) is -14.5. The van der Waals surface area contributed by atoms with Crippen molar-refractivity contribution in [2.45, 2.75) is 188 Å². The monoisotopic (exact) mass is 1110 g/mol. The predicted molar refractivity (Wildman–Crippen MR) is 284 cm³/mol. The summed E-state index contributed by atoms with van der Waals surface area (Å²) in [6.45, 7) is 17.5. The molecule has 444 valence electrons. The number of nitrogens with one attached hydrogen (secondary N) is 9. The highest BCUT2D eigenvalue weighted by molar-refractivity contribution is 6.00. The molecule has 29 heteroatoms. The van der Waals surface area contributed by atoms with E-state index in [0.717, 1.165) is 0 Å². The first-order chi connectivity index (χ1) is 36.1. The average Bonchev–Trinajstić information content (AvgIpc) is 3.32. The Bertz CT molecular complexity index is 2100. The third-order valence-corrected chi connectivity index (χ3v) is 12.0. The number of nitrogens with zero attached hydrogens (tertiary/aromatic N) is 1. The minimum atomic E-state index is -1.95. The van der Waals surface area contributed by atoms with Crippen LogP contribution in [0.1, 0.15) is 128 Å². The van der Waals surface area contributed by atoms with Gasteiger partial charge in [0.05, 0.1) is 19.4 Å². The van der Waals surface area contributed by atoms with E-state index in [-0.39, 0.29) is 68.8 Å². The fraction of sp³-hybridized carbons (Fsp3) is 0.735. The van der Waals surface area contributed by atoms with Crippen LogP contribution in [0.25, 0.3) is 0 Å². The van der Waals surface area contributed by atoms with Gasteiger partial charge in [0.15, 0.2) is 5.96 Å². The topological polar surface area (TPSA) is 490 Å². The lowest BCUT2D eigenvalue weighted by Gasteiger charge is -2.30. The summed E-state index contributed by atoms with van der Waals surface area (Å²) in [4.78, 5) is 163. The number of amides is 10. The second kappa shape index (κ2) is 35.3. The second-order valence-corrected chi connectivity index (χ2v) is 20.9. The molecule has 0 spiro atoms. The number of aliphatic hydroxyl groups excluding tert-OH is 1. The van der Waals surface area contributed by atoms with Gasteiger partial charge in [0, 0.05) is 6.54 Å². The summed E-state index contributed by atoms with van der Waals surface area (Å²) in [5, 5.41) is 50.9. The molecule has 0 saturated heterocycles. The van der Waals surface area contributed by atoms with E-state index in [1.165, 1.54) is 6.92 Å². The number of aliphatic hydroxyl groups is 1. The molecule has 0 aliphatic carbocycles. The first kappa shape index (κ1) is 70.8. The smallest absolute Gasteiger partial charge is 0.326 e. The van der Waals surface area contributed by atoms with E-state index >= 15 is 0 Å². The van der Waals surface area contributed by atoms with Crippen LogP contribution in [0.3, 0.4) is 0 Å². The Hall–Kier alpha value is -7.17. The number of hydrogen-bond acceptors (Lipinski definition) is 15. The van der Waals surface area contributed by atoms with E-state index < -0.39 is 163 Å². The van der Waals surface area contributed by atoms with Crippen LogP contribution < -0.4 is 70.8 Å². The Morgan fingerprint density at radius 2 is 0.872 bits per heavy atom. The van der Waals surface area contributed by atoms with E-state index in [9.17, 15) is 72.9 Å². The quantitative estimate of drug-likeness (QED) is 0.0160. The number of carbonyl (C=O) groups excluding carboxylic acids is 10. The second-order valence-electron chi connectivity index (χ2n) is 20.9. The SMILES string of the molecule is CC[C@H](C)[C@H](NC(=O)[C@H](CC(=O)O)NC(=O)[C@H](CC(N)=O)NC(=O)[C@H](CC(C)C)NC(=O)[C@@H](NC(=O)[C@@H](N)CO)C(C)C)C(=O)N[C@@H](CC(C)C)C(=O)N[C@@H](C)C(=O)N[C@@H](CCCN=C(N)N)C(=O)N[C@@H](CC(C)C)C(=O)O. The summed E-state index contributed by atoms with van der Waals surface area (Å²) in [5.74, 6) is -14.7. The van der Waals surface area contributed by atoms with Crippen molar-refractivity contribution in [3.8, 4) is 0 Å². The standard InChI is InChI=1S/C49H88N14O15/c1-12-26(10)38(47(76)60-30(16-22(2)3)42(71)55-27(11)39(68)56-29(14-13-15-54-49(52)53)41(70)61-34(48(77)78)18-24(6)7)63-45(74)33(20-36(66)67)58-44(73)32(19-35(51)65)57-43(72)31(17-23(4)5)59-46(75)37(25(8)9)62-40(69)28(50)21-64/h22-34,37-38,64H,12-21,50H2,1-11H3,(H2,51,65)(H,55,71)(H,56,68)(H,57,72)(H,58,73)(H,59,75)(H,60,76)(H,61,70)(H,62,69)(H,63,74)(H,66,67)(H,77,78)(H4,52,53,54)/t26-,27-,28-,29-,30-,31-,32-,33-,34-,37-,38-/m0/s1. The lowest BCUT2D eigenvalue weighted by Crippen LogP contribution is -2.62. The van der Waals surface area contributed by atoms with Crippen molar-refractivity contribution in [2.75, 3.05) is 13.2 Å². The molecule has 78 heavy (non-hydrogen) atoms. The largest absolute Gasteiger partial charge is 0.481 e. The van der Waals surface area contributed by atoms with Gasteiger partial charge in [-0.3, -0.25) is 57.7 Å². The molecule has 0 heterocycles. The molecule has 0 aromatic carbocycles. The molecule has 0 aliphatic heterocycles. The fourth-order valence-corrected chi connectivity index (χ4v) is 7.52. The number of rotatable bonds is 37.